The molecule has 1 heterocycles. The minimum absolute atomic E-state index is 0.0210. The summed E-state index contributed by atoms with van der Waals surface area (Å²) in [6.45, 7) is 0. The summed E-state index contributed by atoms with van der Waals surface area (Å²) < 4.78 is 33.7. The van der Waals surface area contributed by atoms with E-state index in [1.807, 2.05) is 5.38 Å². The van der Waals surface area contributed by atoms with Crippen LogP contribution in [0.5, 0.6) is 5.75 Å². The first-order chi connectivity index (χ1) is 13.5. The highest BCUT2D eigenvalue weighted by atomic mass is 32.2. The molecule has 2 aliphatic carbocycles. The van der Waals surface area contributed by atoms with E-state index in [9.17, 15) is 13.2 Å². The molecule has 0 bridgehead atoms. The summed E-state index contributed by atoms with van der Waals surface area (Å²) in [6.07, 6.45) is 5.98. The normalized spacial score (nSPS) is 17.6. The first-order valence-electron chi connectivity index (χ1n) is 9.43. The number of amides is 1. The first kappa shape index (κ1) is 19.4. The number of benzene rings is 1. The zero-order valence-electron chi connectivity index (χ0n) is 15.6. The number of nitrogens with zero attached hydrogens (tertiary/aromatic N) is 1. The highest BCUT2D eigenvalue weighted by Crippen LogP contribution is 2.41. The van der Waals surface area contributed by atoms with Crippen LogP contribution >= 0.6 is 11.3 Å². The van der Waals surface area contributed by atoms with E-state index >= 15 is 0 Å². The van der Waals surface area contributed by atoms with Gasteiger partial charge in [-0.15, -0.1) is 11.3 Å². The van der Waals surface area contributed by atoms with Crippen LogP contribution in [0, 0.1) is 0 Å². The zero-order valence-corrected chi connectivity index (χ0v) is 17.2. The molecule has 2 aliphatic rings. The summed E-state index contributed by atoms with van der Waals surface area (Å²) in [6, 6.07) is 4.36. The van der Waals surface area contributed by atoms with Crippen molar-refractivity contribution in [1.82, 2.24) is 9.71 Å². The van der Waals surface area contributed by atoms with E-state index in [0.29, 0.717) is 11.0 Å². The van der Waals surface area contributed by atoms with E-state index in [1.54, 1.807) is 6.07 Å². The maximum absolute atomic E-state index is 12.9. The van der Waals surface area contributed by atoms with Crippen molar-refractivity contribution in [2.75, 3.05) is 12.4 Å². The van der Waals surface area contributed by atoms with Crippen LogP contribution in [0.4, 0.5) is 5.13 Å². The van der Waals surface area contributed by atoms with Crippen LogP contribution in [-0.4, -0.2) is 32.5 Å². The Balaban J connectivity index is 1.55. The number of aromatic nitrogens is 1. The topological polar surface area (TPSA) is 97.4 Å². The lowest BCUT2D eigenvalue weighted by atomic mass is 10.2. The van der Waals surface area contributed by atoms with Crippen LogP contribution in [0.2, 0.25) is 0 Å². The van der Waals surface area contributed by atoms with Crippen LogP contribution in [0.1, 0.15) is 60.5 Å². The van der Waals surface area contributed by atoms with Crippen molar-refractivity contribution in [3.63, 3.8) is 0 Å². The lowest BCUT2D eigenvalue weighted by Crippen LogP contribution is -2.33. The summed E-state index contributed by atoms with van der Waals surface area (Å²) in [5.74, 6) is 0.338. The second kappa shape index (κ2) is 7.81. The van der Waals surface area contributed by atoms with E-state index in [0.717, 1.165) is 44.2 Å². The highest BCUT2D eigenvalue weighted by Gasteiger charge is 2.28. The van der Waals surface area contributed by atoms with Gasteiger partial charge in [0.2, 0.25) is 10.0 Å². The molecule has 0 unspecified atom stereocenters. The molecule has 0 saturated heterocycles. The third-order valence-corrected chi connectivity index (χ3v) is 7.45. The van der Waals surface area contributed by atoms with Crippen LogP contribution in [0.3, 0.4) is 0 Å². The van der Waals surface area contributed by atoms with Crippen molar-refractivity contribution in [2.45, 2.75) is 55.4 Å². The Morgan fingerprint density at radius 2 is 1.96 bits per heavy atom. The minimum atomic E-state index is -3.78. The number of ether oxygens (including phenoxy) is 1. The molecule has 150 valence electrons. The fraction of sp³-hybridized carbons (Fsp3) is 0.474. The average Bonchev–Trinajstić information content (AvgIpc) is 3.21. The van der Waals surface area contributed by atoms with E-state index in [1.165, 1.54) is 30.6 Å². The molecule has 4 rings (SSSR count). The summed E-state index contributed by atoms with van der Waals surface area (Å²) in [5, 5.41) is 5.25. The molecule has 7 nitrogen and oxygen atoms in total. The Morgan fingerprint density at radius 3 is 2.64 bits per heavy atom. The predicted molar refractivity (Wildman–Crippen MR) is 108 cm³/mol. The summed E-state index contributed by atoms with van der Waals surface area (Å²) >= 11 is 1.38. The van der Waals surface area contributed by atoms with Gasteiger partial charge in [-0.25, -0.2) is 18.1 Å². The lowest BCUT2D eigenvalue weighted by molar-refractivity contribution is 0.102. The van der Waals surface area contributed by atoms with E-state index in [2.05, 4.69) is 15.0 Å². The van der Waals surface area contributed by atoms with E-state index in [-0.39, 0.29) is 22.3 Å². The number of anilines is 1. The third kappa shape index (κ3) is 4.21. The monoisotopic (exact) mass is 421 g/mol. The molecule has 1 aromatic carbocycles. The summed E-state index contributed by atoms with van der Waals surface area (Å²) in [4.78, 5) is 17.1. The number of carbonyl (C=O) groups is 1. The van der Waals surface area contributed by atoms with Crippen LogP contribution < -0.4 is 14.8 Å². The van der Waals surface area contributed by atoms with Crippen molar-refractivity contribution >= 4 is 32.4 Å². The number of hydrogen-bond donors (Lipinski definition) is 2. The van der Waals surface area contributed by atoms with Crippen molar-refractivity contribution in [3.8, 4) is 5.75 Å². The second-order valence-corrected chi connectivity index (χ2v) is 9.81. The third-order valence-electron chi connectivity index (χ3n) is 5.13. The number of hydrogen-bond acceptors (Lipinski definition) is 6. The summed E-state index contributed by atoms with van der Waals surface area (Å²) in [5.41, 5.74) is 1.26. The van der Waals surface area contributed by atoms with Crippen molar-refractivity contribution in [2.24, 2.45) is 0 Å². The minimum Gasteiger partial charge on any atom is -0.495 e. The largest absolute Gasteiger partial charge is 0.495 e. The average molecular weight is 422 g/mol. The Morgan fingerprint density at radius 1 is 1.21 bits per heavy atom. The Labute approximate surface area is 168 Å². The quantitative estimate of drug-likeness (QED) is 0.713. The van der Waals surface area contributed by atoms with Gasteiger partial charge in [0.05, 0.1) is 12.8 Å². The van der Waals surface area contributed by atoms with Gasteiger partial charge >= 0.3 is 0 Å². The second-order valence-electron chi connectivity index (χ2n) is 7.27. The summed E-state index contributed by atoms with van der Waals surface area (Å²) in [7, 11) is -2.37. The van der Waals surface area contributed by atoms with Crippen molar-refractivity contribution < 1.29 is 17.9 Å². The fourth-order valence-corrected chi connectivity index (χ4v) is 5.72. The smallest absolute Gasteiger partial charge is 0.257 e. The van der Waals surface area contributed by atoms with Gasteiger partial charge in [0.1, 0.15) is 10.6 Å². The van der Waals surface area contributed by atoms with Gasteiger partial charge in [0.25, 0.3) is 5.91 Å². The predicted octanol–water partition coefficient (Wildman–Crippen LogP) is 3.50. The highest BCUT2D eigenvalue weighted by molar-refractivity contribution is 7.89. The molecule has 2 saturated carbocycles. The maximum atomic E-state index is 12.9. The molecule has 2 fully saturated rings. The lowest BCUT2D eigenvalue weighted by Gasteiger charge is -2.15. The molecule has 1 aromatic heterocycles. The molecule has 9 heteroatoms. The number of carbonyl (C=O) groups excluding carboxylic acids is 1. The van der Waals surface area contributed by atoms with Gasteiger partial charge in [0.15, 0.2) is 5.13 Å². The molecule has 2 N–H and O–H groups in total. The number of thiazole rings is 1. The Hall–Kier alpha value is -1.97. The van der Waals surface area contributed by atoms with Crippen molar-refractivity contribution in [3.05, 3.63) is 34.8 Å². The van der Waals surface area contributed by atoms with Crippen molar-refractivity contribution in [1.29, 1.82) is 0 Å². The molecule has 0 spiro atoms. The molecule has 0 aliphatic heterocycles. The number of sulfonamides is 1. The standard InChI is InChI=1S/C19H23N3O4S2/c1-26-16-9-8-13(10-17(16)28(24,25)22-14-4-2-3-5-14)18(23)21-19-20-15(11-27-19)12-6-7-12/h8-12,14,22H,2-7H2,1H3,(H,20,21,23). The van der Waals surface area contributed by atoms with Crippen LogP contribution in [-0.2, 0) is 10.0 Å². The van der Waals surface area contributed by atoms with Gasteiger partial charge in [-0.1, -0.05) is 12.8 Å². The van der Waals surface area contributed by atoms with E-state index < -0.39 is 15.9 Å². The van der Waals surface area contributed by atoms with E-state index in [4.69, 9.17) is 4.74 Å². The molecule has 0 radical (unpaired) electrons. The SMILES string of the molecule is COc1ccc(C(=O)Nc2nc(C3CC3)cs2)cc1S(=O)(=O)NC1CCCC1. The van der Waals surface area contributed by atoms with Gasteiger partial charge in [-0.05, 0) is 43.9 Å². The van der Waals surface area contributed by atoms with Crippen LogP contribution in [0.15, 0.2) is 28.5 Å². The Kier molecular flexibility index (Phi) is 5.39. The van der Waals surface area contributed by atoms with Gasteiger partial charge in [0, 0.05) is 22.9 Å². The molecule has 2 aromatic rings. The number of nitrogens with one attached hydrogen (secondary N) is 2. The van der Waals surface area contributed by atoms with Gasteiger partial charge in [-0.3, -0.25) is 10.1 Å². The Bertz CT molecular complexity index is 977. The van der Waals surface area contributed by atoms with Gasteiger partial charge in [-0.2, -0.15) is 0 Å². The molecule has 1 amide bonds. The first-order valence-corrected chi connectivity index (χ1v) is 11.8. The van der Waals surface area contributed by atoms with Gasteiger partial charge < -0.3 is 4.74 Å². The molecular formula is C19H23N3O4S2. The number of methoxy groups -OCH3 is 1. The maximum Gasteiger partial charge on any atom is 0.257 e. The molecule has 0 atom stereocenters. The zero-order chi connectivity index (χ0) is 19.7. The molecular weight excluding hydrogens is 398 g/mol. The fourth-order valence-electron chi connectivity index (χ4n) is 3.43. The molecule has 28 heavy (non-hydrogen) atoms. The number of rotatable bonds is 7. The van der Waals surface area contributed by atoms with Crippen LogP contribution in [0.25, 0.3) is 0 Å².